The Morgan fingerprint density at radius 2 is 1.92 bits per heavy atom. The molecular formula is C18H31ClIN3O. The van der Waals surface area contributed by atoms with Crippen LogP contribution in [0.1, 0.15) is 45.6 Å². The smallest absolute Gasteiger partial charge is 0.191 e. The van der Waals surface area contributed by atoms with Gasteiger partial charge in [-0.25, -0.2) is 4.99 Å². The van der Waals surface area contributed by atoms with E-state index in [-0.39, 0.29) is 36.0 Å². The zero-order valence-corrected chi connectivity index (χ0v) is 18.0. The molecule has 0 amide bonds. The number of rotatable bonds is 9. The molecule has 138 valence electrons. The van der Waals surface area contributed by atoms with Crippen molar-refractivity contribution in [3.05, 3.63) is 34.9 Å². The van der Waals surface area contributed by atoms with Crippen molar-refractivity contribution in [3.63, 3.8) is 0 Å². The van der Waals surface area contributed by atoms with Crippen LogP contribution >= 0.6 is 35.6 Å². The first-order valence-corrected chi connectivity index (χ1v) is 8.84. The average molecular weight is 468 g/mol. The van der Waals surface area contributed by atoms with Gasteiger partial charge in [0.1, 0.15) is 0 Å². The number of hydrogen-bond donors (Lipinski definition) is 3. The first-order chi connectivity index (χ1) is 11.1. The Kier molecular flexibility index (Phi) is 12.5. The molecule has 0 bridgehead atoms. The Hall–Kier alpha value is -0.530. The Labute approximate surface area is 168 Å². The number of hydrogen-bond acceptors (Lipinski definition) is 2. The minimum absolute atomic E-state index is 0. The van der Waals surface area contributed by atoms with Gasteiger partial charge in [-0.15, -0.1) is 24.0 Å². The maximum absolute atomic E-state index is 9.32. The summed E-state index contributed by atoms with van der Waals surface area (Å²) >= 11 is 6.01. The fourth-order valence-electron chi connectivity index (χ4n) is 2.60. The highest BCUT2D eigenvalue weighted by Crippen LogP contribution is 2.29. The molecule has 3 N–H and O–H groups in total. The van der Waals surface area contributed by atoms with E-state index in [0.29, 0.717) is 6.54 Å². The van der Waals surface area contributed by atoms with Gasteiger partial charge in [-0.05, 0) is 49.3 Å². The monoisotopic (exact) mass is 467 g/mol. The molecule has 0 spiro atoms. The summed E-state index contributed by atoms with van der Waals surface area (Å²) in [6.45, 7) is 8.83. The third kappa shape index (κ3) is 8.03. The number of nitrogens with one attached hydrogen (secondary N) is 2. The van der Waals surface area contributed by atoms with Crippen LogP contribution in [0, 0.1) is 5.41 Å². The second-order valence-corrected chi connectivity index (χ2v) is 6.30. The first-order valence-electron chi connectivity index (χ1n) is 8.46. The molecular weight excluding hydrogens is 437 g/mol. The molecule has 6 heteroatoms. The predicted octanol–water partition coefficient (Wildman–Crippen LogP) is 4.20. The Morgan fingerprint density at radius 1 is 1.21 bits per heavy atom. The number of benzene rings is 1. The van der Waals surface area contributed by atoms with Crippen molar-refractivity contribution in [2.24, 2.45) is 10.4 Å². The van der Waals surface area contributed by atoms with Crippen LogP contribution in [0.25, 0.3) is 0 Å². The Bertz CT molecular complexity index is 493. The zero-order chi connectivity index (χ0) is 17.1. The normalized spacial score (nSPS) is 11.8. The van der Waals surface area contributed by atoms with Crippen LogP contribution < -0.4 is 10.6 Å². The van der Waals surface area contributed by atoms with Gasteiger partial charge in [0.25, 0.3) is 0 Å². The van der Waals surface area contributed by atoms with Gasteiger partial charge in [-0.2, -0.15) is 0 Å². The minimum atomic E-state index is 0. The van der Waals surface area contributed by atoms with Gasteiger partial charge in [-0.3, -0.25) is 0 Å². The van der Waals surface area contributed by atoms with E-state index in [0.717, 1.165) is 48.9 Å². The van der Waals surface area contributed by atoms with Crippen LogP contribution in [-0.2, 0) is 6.54 Å². The summed E-state index contributed by atoms with van der Waals surface area (Å²) < 4.78 is 0. The highest BCUT2D eigenvalue weighted by atomic mass is 127. The Balaban J connectivity index is 0.00000529. The molecule has 0 aliphatic heterocycles. The summed E-state index contributed by atoms with van der Waals surface area (Å²) in [6, 6.07) is 7.76. The second-order valence-electron chi connectivity index (χ2n) is 5.86. The number of halogens is 2. The molecule has 1 aromatic carbocycles. The molecule has 0 saturated carbocycles. The molecule has 0 aliphatic rings. The predicted molar refractivity (Wildman–Crippen MR) is 114 cm³/mol. The summed E-state index contributed by atoms with van der Waals surface area (Å²) in [5.74, 6) is 0.802. The van der Waals surface area contributed by atoms with Crippen molar-refractivity contribution >= 4 is 41.5 Å². The molecule has 0 radical (unpaired) electrons. The van der Waals surface area contributed by atoms with Gasteiger partial charge in [0.05, 0.1) is 6.54 Å². The topological polar surface area (TPSA) is 56.7 Å². The SMILES string of the molecule is CCNC(=NCc1cccc(Cl)c1)NCC(CC)(CC)CCO.I. The van der Waals surface area contributed by atoms with E-state index in [4.69, 9.17) is 11.6 Å². The standard InChI is InChI=1S/C18H30ClN3O.HI/c1-4-18(5-2,10-11-23)14-22-17(20-6-3)21-13-15-8-7-9-16(19)12-15;/h7-9,12,23H,4-6,10-11,13-14H2,1-3H3,(H2,20,21,22);1H. The molecule has 0 saturated heterocycles. The second kappa shape index (κ2) is 12.8. The summed E-state index contributed by atoms with van der Waals surface area (Å²) in [7, 11) is 0. The van der Waals surface area contributed by atoms with Gasteiger partial charge in [0.15, 0.2) is 5.96 Å². The largest absolute Gasteiger partial charge is 0.396 e. The lowest BCUT2D eigenvalue weighted by molar-refractivity contribution is 0.169. The van der Waals surface area contributed by atoms with E-state index in [2.05, 4.69) is 36.4 Å². The maximum Gasteiger partial charge on any atom is 0.191 e. The van der Waals surface area contributed by atoms with Crippen molar-refractivity contribution in [1.82, 2.24) is 10.6 Å². The summed E-state index contributed by atoms with van der Waals surface area (Å²) in [4.78, 5) is 4.63. The third-order valence-electron chi connectivity index (χ3n) is 4.43. The molecule has 0 atom stereocenters. The lowest BCUT2D eigenvalue weighted by Gasteiger charge is -2.32. The quantitative estimate of drug-likeness (QED) is 0.290. The summed E-state index contributed by atoms with van der Waals surface area (Å²) in [5, 5.41) is 16.8. The lowest BCUT2D eigenvalue weighted by Crippen LogP contribution is -2.43. The van der Waals surface area contributed by atoms with Gasteiger partial charge >= 0.3 is 0 Å². The zero-order valence-electron chi connectivity index (χ0n) is 14.9. The fourth-order valence-corrected chi connectivity index (χ4v) is 2.81. The van der Waals surface area contributed by atoms with E-state index in [1.807, 2.05) is 24.3 Å². The van der Waals surface area contributed by atoms with Crippen LogP contribution in [-0.4, -0.2) is 30.8 Å². The van der Waals surface area contributed by atoms with Crippen LogP contribution in [0.5, 0.6) is 0 Å². The van der Waals surface area contributed by atoms with Gasteiger partial charge < -0.3 is 15.7 Å². The number of aliphatic imine (C=N–C) groups is 1. The number of nitrogens with zero attached hydrogens (tertiary/aromatic N) is 1. The number of aliphatic hydroxyl groups excluding tert-OH is 1. The van der Waals surface area contributed by atoms with E-state index >= 15 is 0 Å². The van der Waals surface area contributed by atoms with Crippen LogP contribution in [0.2, 0.25) is 5.02 Å². The van der Waals surface area contributed by atoms with Gasteiger partial charge in [0, 0.05) is 24.7 Å². The summed E-state index contributed by atoms with van der Waals surface area (Å²) in [6.07, 6.45) is 2.87. The van der Waals surface area contributed by atoms with Crippen molar-refractivity contribution in [2.75, 3.05) is 19.7 Å². The summed E-state index contributed by atoms with van der Waals surface area (Å²) in [5.41, 5.74) is 1.20. The van der Waals surface area contributed by atoms with Crippen LogP contribution in [0.3, 0.4) is 0 Å². The molecule has 0 unspecified atom stereocenters. The lowest BCUT2D eigenvalue weighted by atomic mass is 9.79. The van der Waals surface area contributed by atoms with E-state index in [1.54, 1.807) is 0 Å². The van der Waals surface area contributed by atoms with Crippen molar-refractivity contribution < 1.29 is 5.11 Å². The highest BCUT2D eigenvalue weighted by molar-refractivity contribution is 14.0. The highest BCUT2D eigenvalue weighted by Gasteiger charge is 2.25. The van der Waals surface area contributed by atoms with E-state index < -0.39 is 0 Å². The van der Waals surface area contributed by atoms with Crippen molar-refractivity contribution in [2.45, 2.75) is 46.6 Å². The molecule has 1 rings (SSSR count). The molecule has 24 heavy (non-hydrogen) atoms. The third-order valence-corrected chi connectivity index (χ3v) is 4.66. The molecule has 0 heterocycles. The first kappa shape index (κ1) is 23.5. The molecule has 1 aromatic rings. The maximum atomic E-state index is 9.32. The molecule has 4 nitrogen and oxygen atoms in total. The Morgan fingerprint density at radius 3 is 2.46 bits per heavy atom. The average Bonchev–Trinajstić information content (AvgIpc) is 2.56. The fraction of sp³-hybridized carbons (Fsp3) is 0.611. The van der Waals surface area contributed by atoms with E-state index in [1.165, 1.54) is 0 Å². The number of aliphatic hydroxyl groups is 1. The molecule has 0 fully saturated rings. The van der Waals surface area contributed by atoms with Gasteiger partial charge in [0.2, 0.25) is 0 Å². The van der Waals surface area contributed by atoms with Crippen LogP contribution in [0.15, 0.2) is 29.3 Å². The molecule has 0 aliphatic carbocycles. The minimum Gasteiger partial charge on any atom is -0.396 e. The van der Waals surface area contributed by atoms with E-state index in [9.17, 15) is 5.11 Å². The number of guanidine groups is 1. The van der Waals surface area contributed by atoms with Crippen molar-refractivity contribution in [3.8, 4) is 0 Å². The molecule has 0 aromatic heterocycles. The van der Waals surface area contributed by atoms with Gasteiger partial charge in [-0.1, -0.05) is 37.6 Å². The van der Waals surface area contributed by atoms with Crippen molar-refractivity contribution in [1.29, 1.82) is 0 Å². The van der Waals surface area contributed by atoms with Crippen LogP contribution in [0.4, 0.5) is 0 Å².